The third kappa shape index (κ3) is 2.28. The number of aryl methyl sites for hydroxylation is 1. The van der Waals surface area contributed by atoms with Crippen molar-refractivity contribution in [1.29, 1.82) is 0 Å². The highest BCUT2D eigenvalue weighted by Gasteiger charge is 2.10. The lowest BCUT2D eigenvalue weighted by atomic mass is 10.1. The number of nitrogens with two attached hydrogens (primary N) is 2. The fourth-order valence-corrected chi connectivity index (χ4v) is 1.71. The van der Waals surface area contributed by atoms with Crippen molar-refractivity contribution in [2.45, 2.75) is 6.92 Å². The molecule has 2 rings (SSSR count). The van der Waals surface area contributed by atoms with Gasteiger partial charge in [-0.1, -0.05) is 35.3 Å². The summed E-state index contributed by atoms with van der Waals surface area (Å²) in [6, 6.07) is 5.50. The quantitative estimate of drug-likeness (QED) is 0.616. The van der Waals surface area contributed by atoms with E-state index in [0.717, 1.165) is 11.1 Å². The maximum absolute atomic E-state index is 5.85. The van der Waals surface area contributed by atoms with Gasteiger partial charge >= 0.3 is 0 Å². The van der Waals surface area contributed by atoms with E-state index in [1.807, 2.05) is 19.1 Å². The van der Waals surface area contributed by atoms with Crippen LogP contribution in [0.25, 0.3) is 11.4 Å². The number of halogens is 2. The number of anilines is 2. The van der Waals surface area contributed by atoms with Gasteiger partial charge in [-0.3, -0.25) is 0 Å². The zero-order chi connectivity index (χ0) is 12.6. The SMILES string of the molecule is Cc1ccc(-c2nc(Cl)c(N)c(Cl)n2)cc1N. The molecule has 0 spiro atoms. The topological polar surface area (TPSA) is 77.8 Å². The average molecular weight is 269 g/mol. The number of rotatable bonds is 1. The molecule has 1 heterocycles. The first-order chi connectivity index (χ1) is 7.99. The van der Waals surface area contributed by atoms with Crippen molar-refractivity contribution in [2.75, 3.05) is 11.5 Å². The molecule has 0 saturated heterocycles. The fraction of sp³-hybridized carbons (Fsp3) is 0.0909. The lowest BCUT2D eigenvalue weighted by Crippen LogP contribution is -1.98. The Morgan fingerprint density at radius 3 is 2.18 bits per heavy atom. The Kier molecular flexibility index (Phi) is 3.09. The number of nitrogen functional groups attached to an aromatic ring is 2. The number of hydrogen-bond donors (Lipinski definition) is 2. The third-order valence-corrected chi connectivity index (χ3v) is 2.97. The van der Waals surface area contributed by atoms with Crippen LogP contribution in [0.5, 0.6) is 0 Å². The molecule has 0 unspecified atom stereocenters. The molecular formula is C11H10Cl2N4. The second-order valence-electron chi connectivity index (χ2n) is 3.61. The lowest BCUT2D eigenvalue weighted by Gasteiger charge is -2.06. The van der Waals surface area contributed by atoms with Crippen LogP contribution in [0.2, 0.25) is 10.3 Å². The monoisotopic (exact) mass is 268 g/mol. The standard InChI is InChI=1S/C11H10Cl2N4/c1-5-2-3-6(4-7(5)14)11-16-9(12)8(15)10(13)17-11/h2-4H,14-15H2,1H3. The third-order valence-electron chi connectivity index (χ3n) is 2.39. The number of hydrogen-bond acceptors (Lipinski definition) is 4. The molecule has 4 nitrogen and oxygen atoms in total. The molecule has 1 aromatic heterocycles. The summed E-state index contributed by atoms with van der Waals surface area (Å²) >= 11 is 11.7. The largest absolute Gasteiger partial charge is 0.398 e. The molecule has 1 aromatic carbocycles. The first-order valence-electron chi connectivity index (χ1n) is 4.84. The normalized spacial score (nSPS) is 10.5. The van der Waals surface area contributed by atoms with Crippen molar-refractivity contribution in [3.63, 3.8) is 0 Å². The van der Waals surface area contributed by atoms with Crippen molar-refractivity contribution in [3.05, 3.63) is 34.1 Å². The van der Waals surface area contributed by atoms with Gasteiger partial charge in [-0.25, -0.2) is 9.97 Å². The van der Waals surface area contributed by atoms with Crippen molar-refractivity contribution >= 4 is 34.6 Å². The minimum Gasteiger partial charge on any atom is -0.398 e. The smallest absolute Gasteiger partial charge is 0.162 e. The van der Waals surface area contributed by atoms with E-state index < -0.39 is 0 Å². The van der Waals surface area contributed by atoms with Crippen LogP contribution >= 0.6 is 23.2 Å². The van der Waals surface area contributed by atoms with Crippen LogP contribution in [0, 0.1) is 6.92 Å². The summed E-state index contributed by atoms with van der Waals surface area (Å²) in [5.74, 6) is 0.404. The van der Waals surface area contributed by atoms with Crippen LogP contribution in [0.1, 0.15) is 5.56 Å². The molecule has 0 saturated carbocycles. The van der Waals surface area contributed by atoms with Gasteiger partial charge in [-0.15, -0.1) is 0 Å². The van der Waals surface area contributed by atoms with Crippen LogP contribution in [0.15, 0.2) is 18.2 Å². The van der Waals surface area contributed by atoms with Crippen molar-refractivity contribution < 1.29 is 0 Å². The van der Waals surface area contributed by atoms with E-state index >= 15 is 0 Å². The van der Waals surface area contributed by atoms with Gasteiger partial charge in [0.15, 0.2) is 16.1 Å². The molecule has 0 radical (unpaired) electrons. The predicted octanol–water partition coefficient (Wildman–Crippen LogP) is 2.92. The Bertz CT molecular complexity index is 561. The molecule has 0 amide bonds. The Morgan fingerprint density at radius 2 is 1.65 bits per heavy atom. The number of benzene rings is 1. The molecule has 0 atom stereocenters. The molecule has 4 N–H and O–H groups in total. The summed E-state index contributed by atoms with van der Waals surface area (Å²) in [5.41, 5.74) is 14.0. The Labute approximate surface area is 109 Å². The molecular weight excluding hydrogens is 259 g/mol. The van der Waals surface area contributed by atoms with E-state index in [1.165, 1.54) is 0 Å². The van der Waals surface area contributed by atoms with Crippen LogP contribution in [0.4, 0.5) is 11.4 Å². The maximum atomic E-state index is 5.85. The maximum Gasteiger partial charge on any atom is 0.162 e. The van der Waals surface area contributed by atoms with E-state index in [9.17, 15) is 0 Å². The summed E-state index contributed by atoms with van der Waals surface area (Å²) < 4.78 is 0. The van der Waals surface area contributed by atoms with Gasteiger partial charge in [0.05, 0.1) is 0 Å². The molecule has 88 valence electrons. The van der Waals surface area contributed by atoms with Crippen molar-refractivity contribution in [3.8, 4) is 11.4 Å². The highest BCUT2D eigenvalue weighted by molar-refractivity contribution is 6.37. The van der Waals surface area contributed by atoms with Crippen molar-refractivity contribution in [2.24, 2.45) is 0 Å². The second-order valence-corrected chi connectivity index (χ2v) is 4.33. The summed E-state index contributed by atoms with van der Waals surface area (Å²) in [6.45, 7) is 1.92. The zero-order valence-electron chi connectivity index (χ0n) is 9.04. The Morgan fingerprint density at radius 1 is 1.06 bits per heavy atom. The van der Waals surface area contributed by atoms with E-state index in [0.29, 0.717) is 11.5 Å². The first-order valence-corrected chi connectivity index (χ1v) is 5.59. The van der Waals surface area contributed by atoms with Gasteiger partial charge in [0.2, 0.25) is 0 Å². The molecule has 6 heteroatoms. The number of nitrogens with zero attached hydrogens (tertiary/aromatic N) is 2. The molecule has 0 aliphatic rings. The van der Waals surface area contributed by atoms with Gasteiger partial charge in [0.25, 0.3) is 0 Å². The summed E-state index contributed by atoms with van der Waals surface area (Å²) in [4.78, 5) is 8.13. The predicted molar refractivity (Wildman–Crippen MR) is 71.0 cm³/mol. The van der Waals surface area contributed by atoms with Gasteiger partial charge in [0.1, 0.15) is 5.69 Å². The zero-order valence-corrected chi connectivity index (χ0v) is 10.5. The molecule has 2 aromatic rings. The van der Waals surface area contributed by atoms with Crippen LogP contribution in [-0.4, -0.2) is 9.97 Å². The summed E-state index contributed by atoms with van der Waals surface area (Å²) in [7, 11) is 0. The van der Waals surface area contributed by atoms with Crippen LogP contribution in [-0.2, 0) is 0 Å². The van der Waals surface area contributed by atoms with Gasteiger partial charge in [-0.2, -0.15) is 0 Å². The lowest BCUT2D eigenvalue weighted by molar-refractivity contribution is 1.18. The second kappa shape index (κ2) is 4.39. The van der Waals surface area contributed by atoms with E-state index in [1.54, 1.807) is 6.07 Å². The van der Waals surface area contributed by atoms with Gasteiger partial charge < -0.3 is 11.5 Å². The average Bonchev–Trinajstić information content (AvgIpc) is 2.29. The molecule has 0 aliphatic heterocycles. The van der Waals surface area contributed by atoms with Crippen molar-refractivity contribution in [1.82, 2.24) is 9.97 Å². The van der Waals surface area contributed by atoms with Crippen LogP contribution in [0.3, 0.4) is 0 Å². The highest BCUT2D eigenvalue weighted by atomic mass is 35.5. The minimum atomic E-state index is 0.138. The highest BCUT2D eigenvalue weighted by Crippen LogP contribution is 2.28. The molecule has 0 fully saturated rings. The molecule has 17 heavy (non-hydrogen) atoms. The first kappa shape index (κ1) is 12.0. The summed E-state index contributed by atoms with van der Waals surface area (Å²) in [5, 5.41) is 0.276. The molecule has 0 aliphatic carbocycles. The van der Waals surface area contributed by atoms with Gasteiger partial charge in [-0.05, 0) is 18.6 Å². The Hall–Kier alpha value is -1.52. The Balaban J connectivity index is 2.57. The number of aromatic nitrogens is 2. The fourth-order valence-electron chi connectivity index (χ4n) is 1.33. The van der Waals surface area contributed by atoms with Gasteiger partial charge in [0, 0.05) is 11.3 Å². The van der Waals surface area contributed by atoms with E-state index in [-0.39, 0.29) is 16.0 Å². The van der Waals surface area contributed by atoms with Crippen LogP contribution < -0.4 is 11.5 Å². The van der Waals surface area contributed by atoms with E-state index in [2.05, 4.69) is 9.97 Å². The molecule has 0 bridgehead atoms. The van der Waals surface area contributed by atoms with E-state index in [4.69, 9.17) is 34.7 Å². The minimum absolute atomic E-state index is 0.138. The summed E-state index contributed by atoms with van der Waals surface area (Å²) in [6.07, 6.45) is 0.